The molecule has 1 rings (SSSR count). The van der Waals surface area contributed by atoms with Crippen molar-refractivity contribution < 1.29 is 0 Å². The van der Waals surface area contributed by atoms with Crippen LogP contribution in [0, 0.1) is 11.3 Å². The summed E-state index contributed by atoms with van der Waals surface area (Å²) in [5, 5.41) is 13.2. The standard InChI is InChI=1S/C6H6BrN3/c1-10-6(4-8)2-5(3-7)9-10/h2H,3H2,1H3. The van der Waals surface area contributed by atoms with Gasteiger partial charge in [0, 0.05) is 12.4 Å². The van der Waals surface area contributed by atoms with Crippen LogP contribution in [0.2, 0.25) is 0 Å². The van der Waals surface area contributed by atoms with E-state index in [-0.39, 0.29) is 0 Å². The average molecular weight is 200 g/mol. The van der Waals surface area contributed by atoms with Crippen LogP contribution in [-0.4, -0.2) is 9.78 Å². The fraction of sp³-hybridized carbons (Fsp3) is 0.333. The molecule has 0 saturated heterocycles. The first-order valence-corrected chi connectivity index (χ1v) is 3.89. The highest BCUT2D eigenvalue weighted by molar-refractivity contribution is 9.08. The molecule has 52 valence electrons. The van der Waals surface area contributed by atoms with Gasteiger partial charge in [-0.3, -0.25) is 4.68 Å². The first kappa shape index (κ1) is 7.29. The maximum atomic E-state index is 8.50. The topological polar surface area (TPSA) is 41.6 Å². The summed E-state index contributed by atoms with van der Waals surface area (Å²) in [6.45, 7) is 0. The Morgan fingerprint density at radius 3 is 2.90 bits per heavy atom. The van der Waals surface area contributed by atoms with E-state index in [0.717, 1.165) is 5.69 Å². The second-order valence-corrected chi connectivity index (χ2v) is 2.45. The van der Waals surface area contributed by atoms with Gasteiger partial charge in [-0.15, -0.1) is 0 Å². The predicted octanol–water partition coefficient (Wildman–Crippen LogP) is 1.19. The molecule has 4 heteroatoms. The summed E-state index contributed by atoms with van der Waals surface area (Å²) in [5.41, 5.74) is 1.48. The Morgan fingerprint density at radius 1 is 1.90 bits per heavy atom. The van der Waals surface area contributed by atoms with Crippen molar-refractivity contribution in [2.45, 2.75) is 5.33 Å². The maximum absolute atomic E-state index is 8.50. The lowest BCUT2D eigenvalue weighted by molar-refractivity contribution is 0.745. The number of hydrogen-bond donors (Lipinski definition) is 0. The molecule has 0 aliphatic heterocycles. The zero-order valence-corrected chi connectivity index (χ0v) is 7.09. The molecule has 0 radical (unpaired) electrons. The van der Waals surface area contributed by atoms with Gasteiger partial charge < -0.3 is 0 Å². The lowest BCUT2D eigenvalue weighted by Gasteiger charge is -1.85. The number of aryl methyl sites for hydroxylation is 1. The van der Waals surface area contributed by atoms with Crippen molar-refractivity contribution in [1.29, 1.82) is 5.26 Å². The molecule has 0 bridgehead atoms. The van der Waals surface area contributed by atoms with Crippen molar-refractivity contribution in [1.82, 2.24) is 9.78 Å². The number of halogens is 1. The smallest absolute Gasteiger partial charge is 0.138 e. The molecule has 1 aromatic rings. The summed E-state index contributed by atoms with van der Waals surface area (Å²) in [4.78, 5) is 0. The predicted molar refractivity (Wildman–Crippen MR) is 40.6 cm³/mol. The van der Waals surface area contributed by atoms with Gasteiger partial charge in [0.2, 0.25) is 0 Å². The Bertz CT molecular complexity index is 271. The van der Waals surface area contributed by atoms with Gasteiger partial charge in [0.25, 0.3) is 0 Å². The van der Waals surface area contributed by atoms with Crippen molar-refractivity contribution in [3.8, 4) is 6.07 Å². The van der Waals surface area contributed by atoms with Crippen molar-refractivity contribution in [2.24, 2.45) is 7.05 Å². The van der Waals surface area contributed by atoms with Crippen LogP contribution in [0.4, 0.5) is 0 Å². The summed E-state index contributed by atoms with van der Waals surface area (Å²) in [6, 6.07) is 3.79. The van der Waals surface area contributed by atoms with Gasteiger partial charge >= 0.3 is 0 Å². The van der Waals surface area contributed by atoms with E-state index in [4.69, 9.17) is 5.26 Å². The fourth-order valence-electron chi connectivity index (χ4n) is 0.697. The lowest BCUT2D eigenvalue weighted by Crippen LogP contribution is -1.93. The lowest BCUT2D eigenvalue weighted by atomic mass is 10.4. The van der Waals surface area contributed by atoms with Crippen LogP contribution in [0.25, 0.3) is 0 Å². The number of aromatic nitrogens is 2. The van der Waals surface area contributed by atoms with Crippen LogP contribution in [0.3, 0.4) is 0 Å². The van der Waals surface area contributed by atoms with E-state index < -0.39 is 0 Å². The molecule has 0 fully saturated rings. The molecule has 0 amide bonds. The number of hydrogen-bond acceptors (Lipinski definition) is 2. The Morgan fingerprint density at radius 2 is 2.60 bits per heavy atom. The molecule has 0 unspecified atom stereocenters. The minimum absolute atomic E-state index is 0.592. The summed E-state index contributed by atoms with van der Waals surface area (Å²) in [6.07, 6.45) is 0. The van der Waals surface area contributed by atoms with Crippen LogP contribution in [0.5, 0.6) is 0 Å². The molecule has 0 atom stereocenters. The monoisotopic (exact) mass is 199 g/mol. The second kappa shape index (κ2) is 2.84. The molecule has 0 aliphatic rings. The zero-order chi connectivity index (χ0) is 7.56. The molecule has 0 aliphatic carbocycles. The summed E-state index contributed by atoms with van der Waals surface area (Å²) >= 11 is 3.25. The molecule has 0 aromatic carbocycles. The van der Waals surface area contributed by atoms with Crippen molar-refractivity contribution in [3.05, 3.63) is 17.5 Å². The summed E-state index contributed by atoms with van der Waals surface area (Å²) < 4.78 is 1.57. The minimum Gasteiger partial charge on any atom is -0.258 e. The van der Waals surface area contributed by atoms with Crippen LogP contribution >= 0.6 is 15.9 Å². The van der Waals surface area contributed by atoms with E-state index in [1.807, 2.05) is 6.07 Å². The van der Waals surface area contributed by atoms with E-state index >= 15 is 0 Å². The minimum atomic E-state index is 0.592. The van der Waals surface area contributed by atoms with Gasteiger partial charge in [-0.05, 0) is 6.07 Å². The highest BCUT2D eigenvalue weighted by atomic mass is 79.9. The molecule has 0 spiro atoms. The van der Waals surface area contributed by atoms with Gasteiger partial charge in [-0.1, -0.05) is 15.9 Å². The molecule has 10 heavy (non-hydrogen) atoms. The third kappa shape index (κ3) is 1.19. The van der Waals surface area contributed by atoms with E-state index in [1.54, 1.807) is 17.8 Å². The molecule has 0 N–H and O–H groups in total. The number of alkyl halides is 1. The zero-order valence-electron chi connectivity index (χ0n) is 5.50. The van der Waals surface area contributed by atoms with Gasteiger partial charge in [0.1, 0.15) is 11.8 Å². The summed E-state index contributed by atoms with van der Waals surface area (Å²) in [7, 11) is 1.75. The van der Waals surface area contributed by atoms with Crippen molar-refractivity contribution in [3.63, 3.8) is 0 Å². The number of nitrogens with zero attached hydrogens (tertiary/aromatic N) is 3. The first-order chi connectivity index (χ1) is 4.77. The van der Waals surface area contributed by atoms with Gasteiger partial charge in [-0.25, -0.2) is 0 Å². The van der Waals surface area contributed by atoms with Crippen molar-refractivity contribution in [2.75, 3.05) is 0 Å². The van der Waals surface area contributed by atoms with E-state index in [1.165, 1.54) is 0 Å². The molecule has 1 aromatic heterocycles. The largest absolute Gasteiger partial charge is 0.258 e. The third-order valence-corrected chi connectivity index (χ3v) is 1.76. The van der Waals surface area contributed by atoms with Crippen molar-refractivity contribution >= 4 is 15.9 Å². The Labute approximate surface area is 67.4 Å². The van der Waals surface area contributed by atoms with Crippen LogP contribution in [0.1, 0.15) is 11.4 Å². The van der Waals surface area contributed by atoms with Crippen LogP contribution in [0.15, 0.2) is 6.07 Å². The number of rotatable bonds is 1. The SMILES string of the molecule is Cn1nc(CBr)cc1C#N. The average Bonchev–Trinajstić information content (AvgIpc) is 2.30. The quantitative estimate of drug-likeness (QED) is 0.638. The van der Waals surface area contributed by atoms with Crippen LogP contribution in [-0.2, 0) is 12.4 Å². The highest BCUT2D eigenvalue weighted by Gasteiger charge is 2.00. The Kier molecular flexibility index (Phi) is 2.07. The van der Waals surface area contributed by atoms with Gasteiger partial charge in [0.05, 0.1) is 5.69 Å². The summed E-state index contributed by atoms with van der Waals surface area (Å²) in [5.74, 6) is 0. The van der Waals surface area contributed by atoms with Crippen LogP contribution < -0.4 is 0 Å². The fourth-order valence-corrected chi connectivity index (χ4v) is 0.971. The van der Waals surface area contributed by atoms with E-state index in [2.05, 4.69) is 21.0 Å². The molecular weight excluding hydrogens is 194 g/mol. The maximum Gasteiger partial charge on any atom is 0.138 e. The molecular formula is C6H6BrN3. The highest BCUT2D eigenvalue weighted by Crippen LogP contribution is 2.04. The number of nitriles is 1. The molecule has 0 saturated carbocycles. The van der Waals surface area contributed by atoms with Gasteiger partial charge in [0.15, 0.2) is 0 Å². The first-order valence-electron chi connectivity index (χ1n) is 2.77. The van der Waals surface area contributed by atoms with E-state index in [0.29, 0.717) is 11.0 Å². The van der Waals surface area contributed by atoms with Gasteiger partial charge in [-0.2, -0.15) is 10.4 Å². The normalized spacial score (nSPS) is 9.30. The third-order valence-electron chi connectivity index (χ3n) is 1.18. The molecule has 3 nitrogen and oxygen atoms in total. The van der Waals surface area contributed by atoms with E-state index in [9.17, 15) is 0 Å². The Balaban J connectivity index is 3.07. The second-order valence-electron chi connectivity index (χ2n) is 1.89. The Hall–Kier alpha value is -0.820. The molecule has 1 heterocycles.